The fourth-order valence-corrected chi connectivity index (χ4v) is 3.72. The van der Waals surface area contributed by atoms with Crippen molar-refractivity contribution in [3.63, 3.8) is 0 Å². The number of primary amides is 1. The van der Waals surface area contributed by atoms with E-state index < -0.39 is 23.6 Å². The van der Waals surface area contributed by atoms with Crippen LogP contribution in [0.4, 0.5) is 19.0 Å². The zero-order chi connectivity index (χ0) is 22.8. The standard InChI is InChI=1S/C20H16ClF3N4O2S/c1-11-8-18(26-19(30)13-4-2-3-5-16(13)31-10-17(25)29)28(27-11)15-9-12(20(22,23)24)6-7-14(15)21/h2-9H,10H2,1H3,(H2,25,29)(H,26,30). The molecule has 0 bridgehead atoms. The van der Waals surface area contributed by atoms with E-state index in [0.717, 1.165) is 34.6 Å². The van der Waals surface area contributed by atoms with Crippen LogP contribution >= 0.6 is 23.4 Å². The topological polar surface area (TPSA) is 90.0 Å². The van der Waals surface area contributed by atoms with E-state index in [-0.39, 0.29) is 27.8 Å². The first-order valence-electron chi connectivity index (χ1n) is 8.81. The number of nitrogens with one attached hydrogen (secondary N) is 1. The Balaban J connectivity index is 1.96. The summed E-state index contributed by atoms with van der Waals surface area (Å²) in [5, 5.41) is 6.86. The Morgan fingerprint density at radius 1 is 1.19 bits per heavy atom. The number of hydrogen-bond acceptors (Lipinski definition) is 4. The minimum Gasteiger partial charge on any atom is -0.369 e. The summed E-state index contributed by atoms with van der Waals surface area (Å²) < 4.78 is 40.6. The number of rotatable bonds is 6. The van der Waals surface area contributed by atoms with E-state index in [1.165, 1.54) is 6.07 Å². The molecule has 1 heterocycles. The summed E-state index contributed by atoms with van der Waals surface area (Å²) in [6, 6.07) is 10.9. The number of thioether (sulfide) groups is 1. The molecule has 6 nitrogen and oxygen atoms in total. The number of benzene rings is 2. The molecule has 3 rings (SSSR count). The van der Waals surface area contributed by atoms with Crippen molar-refractivity contribution in [3.8, 4) is 5.69 Å². The van der Waals surface area contributed by atoms with Gasteiger partial charge in [0, 0.05) is 11.0 Å². The van der Waals surface area contributed by atoms with Gasteiger partial charge in [-0.1, -0.05) is 23.7 Å². The molecule has 0 atom stereocenters. The summed E-state index contributed by atoms with van der Waals surface area (Å²) >= 11 is 7.23. The highest BCUT2D eigenvalue weighted by Gasteiger charge is 2.31. The Labute approximate surface area is 184 Å². The number of anilines is 1. The highest BCUT2D eigenvalue weighted by Crippen LogP contribution is 2.34. The number of aryl methyl sites for hydroxylation is 1. The Kier molecular flexibility index (Phi) is 6.61. The molecular weight excluding hydrogens is 453 g/mol. The summed E-state index contributed by atoms with van der Waals surface area (Å²) in [5.41, 5.74) is 4.97. The number of carbonyl (C=O) groups excluding carboxylic acids is 2. The molecular formula is C20H16ClF3N4O2S. The van der Waals surface area contributed by atoms with Crippen molar-refractivity contribution in [3.05, 3.63) is 70.4 Å². The van der Waals surface area contributed by atoms with Crippen molar-refractivity contribution in [2.45, 2.75) is 18.0 Å². The molecule has 162 valence electrons. The molecule has 31 heavy (non-hydrogen) atoms. The smallest absolute Gasteiger partial charge is 0.369 e. The largest absolute Gasteiger partial charge is 0.416 e. The van der Waals surface area contributed by atoms with Crippen LogP contribution in [0.15, 0.2) is 53.4 Å². The Morgan fingerprint density at radius 3 is 2.58 bits per heavy atom. The average Bonchev–Trinajstić information content (AvgIpc) is 3.05. The van der Waals surface area contributed by atoms with Gasteiger partial charge in [0.15, 0.2) is 0 Å². The maximum Gasteiger partial charge on any atom is 0.416 e. The summed E-state index contributed by atoms with van der Waals surface area (Å²) in [4.78, 5) is 24.5. The summed E-state index contributed by atoms with van der Waals surface area (Å²) in [5.74, 6) is -0.940. The predicted molar refractivity (Wildman–Crippen MR) is 113 cm³/mol. The van der Waals surface area contributed by atoms with Gasteiger partial charge in [-0.15, -0.1) is 11.8 Å². The minimum atomic E-state index is -4.57. The molecule has 0 aliphatic carbocycles. The number of amides is 2. The average molecular weight is 469 g/mol. The number of nitrogens with zero attached hydrogens (tertiary/aromatic N) is 2. The van der Waals surface area contributed by atoms with Crippen LogP contribution in [0.5, 0.6) is 0 Å². The second kappa shape index (κ2) is 9.03. The Morgan fingerprint density at radius 2 is 1.90 bits per heavy atom. The van der Waals surface area contributed by atoms with Gasteiger partial charge in [0.05, 0.1) is 33.3 Å². The van der Waals surface area contributed by atoms with Crippen molar-refractivity contribution in [1.29, 1.82) is 0 Å². The molecule has 0 saturated heterocycles. The summed E-state index contributed by atoms with van der Waals surface area (Å²) in [6.45, 7) is 1.63. The van der Waals surface area contributed by atoms with Crippen molar-refractivity contribution in [2.75, 3.05) is 11.1 Å². The minimum absolute atomic E-state index is 0.0127. The van der Waals surface area contributed by atoms with Crippen LogP contribution in [-0.2, 0) is 11.0 Å². The van der Waals surface area contributed by atoms with Gasteiger partial charge in [-0.3, -0.25) is 9.59 Å². The lowest BCUT2D eigenvalue weighted by molar-refractivity contribution is -0.137. The van der Waals surface area contributed by atoms with Gasteiger partial charge in [0.25, 0.3) is 5.91 Å². The van der Waals surface area contributed by atoms with E-state index in [0.29, 0.717) is 10.6 Å². The van der Waals surface area contributed by atoms with Crippen LogP contribution in [0, 0.1) is 6.92 Å². The highest BCUT2D eigenvalue weighted by atomic mass is 35.5. The zero-order valence-corrected chi connectivity index (χ0v) is 17.6. The molecule has 0 radical (unpaired) electrons. The Bertz CT molecular complexity index is 1150. The lowest BCUT2D eigenvalue weighted by Crippen LogP contribution is -2.17. The van der Waals surface area contributed by atoms with Crippen molar-refractivity contribution < 1.29 is 22.8 Å². The third kappa shape index (κ3) is 5.39. The molecule has 2 amide bonds. The second-order valence-electron chi connectivity index (χ2n) is 6.45. The van der Waals surface area contributed by atoms with Gasteiger partial charge < -0.3 is 11.1 Å². The van der Waals surface area contributed by atoms with Crippen LogP contribution < -0.4 is 11.1 Å². The molecule has 2 aromatic carbocycles. The van der Waals surface area contributed by atoms with E-state index in [1.807, 2.05) is 0 Å². The first kappa shape index (κ1) is 22.7. The molecule has 11 heteroatoms. The second-order valence-corrected chi connectivity index (χ2v) is 7.88. The van der Waals surface area contributed by atoms with E-state index in [1.54, 1.807) is 31.2 Å². The van der Waals surface area contributed by atoms with E-state index in [9.17, 15) is 22.8 Å². The maximum atomic E-state index is 13.1. The van der Waals surface area contributed by atoms with Crippen LogP contribution in [0.2, 0.25) is 5.02 Å². The number of carbonyl (C=O) groups is 2. The van der Waals surface area contributed by atoms with Gasteiger partial charge >= 0.3 is 6.18 Å². The van der Waals surface area contributed by atoms with Gasteiger partial charge in [0.2, 0.25) is 5.91 Å². The SMILES string of the molecule is Cc1cc(NC(=O)c2ccccc2SCC(N)=O)n(-c2cc(C(F)(F)F)ccc2Cl)n1. The molecule has 3 aromatic rings. The highest BCUT2D eigenvalue weighted by molar-refractivity contribution is 8.00. The number of alkyl halides is 3. The molecule has 0 aliphatic rings. The molecule has 1 aromatic heterocycles. The monoisotopic (exact) mass is 468 g/mol. The summed E-state index contributed by atoms with van der Waals surface area (Å²) in [7, 11) is 0. The molecule has 0 aliphatic heterocycles. The number of aromatic nitrogens is 2. The number of hydrogen-bond donors (Lipinski definition) is 2. The first-order valence-corrected chi connectivity index (χ1v) is 10.2. The van der Waals surface area contributed by atoms with Crippen molar-refractivity contribution in [2.24, 2.45) is 5.73 Å². The van der Waals surface area contributed by atoms with E-state index >= 15 is 0 Å². The third-order valence-electron chi connectivity index (χ3n) is 4.08. The lowest BCUT2D eigenvalue weighted by atomic mass is 10.2. The number of nitrogens with two attached hydrogens (primary N) is 1. The molecule has 0 fully saturated rings. The normalized spacial score (nSPS) is 11.4. The first-order chi connectivity index (χ1) is 14.6. The van der Waals surface area contributed by atoms with Crippen molar-refractivity contribution in [1.82, 2.24) is 9.78 Å². The van der Waals surface area contributed by atoms with Crippen LogP contribution in [0.25, 0.3) is 5.69 Å². The van der Waals surface area contributed by atoms with Gasteiger partial charge in [0.1, 0.15) is 5.82 Å². The fourth-order valence-electron chi connectivity index (χ4n) is 2.74. The lowest BCUT2D eigenvalue weighted by Gasteiger charge is -2.14. The van der Waals surface area contributed by atoms with Crippen LogP contribution in [0.3, 0.4) is 0 Å². The van der Waals surface area contributed by atoms with Gasteiger partial charge in [-0.05, 0) is 37.3 Å². The maximum absolute atomic E-state index is 13.1. The summed E-state index contributed by atoms with van der Waals surface area (Å²) in [6.07, 6.45) is -4.57. The Hall–Kier alpha value is -2.98. The zero-order valence-electron chi connectivity index (χ0n) is 16.0. The van der Waals surface area contributed by atoms with E-state index in [2.05, 4.69) is 10.4 Å². The van der Waals surface area contributed by atoms with Crippen LogP contribution in [-0.4, -0.2) is 27.3 Å². The third-order valence-corrected chi connectivity index (χ3v) is 5.49. The predicted octanol–water partition coefficient (Wildman–Crippen LogP) is 4.68. The number of halogens is 4. The van der Waals surface area contributed by atoms with Crippen LogP contribution in [0.1, 0.15) is 21.6 Å². The van der Waals surface area contributed by atoms with E-state index in [4.69, 9.17) is 17.3 Å². The molecule has 0 saturated carbocycles. The molecule has 3 N–H and O–H groups in total. The fraction of sp³-hybridized carbons (Fsp3) is 0.150. The molecule has 0 spiro atoms. The molecule has 0 unspecified atom stereocenters. The van der Waals surface area contributed by atoms with Gasteiger partial charge in [-0.25, -0.2) is 4.68 Å². The quantitative estimate of drug-likeness (QED) is 0.514. The van der Waals surface area contributed by atoms with Gasteiger partial charge in [-0.2, -0.15) is 18.3 Å². The van der Waals surface area contributed by atoms with Crippen molar-refractivity contribution >= 4 is 41.0 Å².